The molecule has 0 N–H and O–H groups in total. The van der Waals surface area contributed by atoms with Crippen molar-refractivity contribution in [1.29, 1.82) is 0 Å². The van der Waals surface area contributed by atoms with Gasteiger partial charge in [0.15, 0.2) is 18.1 Å². The summed E-state index contributed by atoms with van der Waals surface area (Å²) in [5.74, 6) is 0.381. The zero-order valence-electron chi connectivity index (χ0n) is 11.1. The minimum atomic E-state index is -0.494. The average molecular weight is 268 g/mol. The maximum atomic E-state index is 11.3. The summed E-state index contributed by atoms with van der Waals surface area (Å²) >= 11 is 0. The third-order valence-electron chi connectivity index (χ3n) is 2.26. The maximum absolute atomic E-state index is 11.3. The second kappa shape index (κ2) is 7.25. The van der Waals surface area contributed by atoms with Crippen LogP contribution in [-0.4, -0.2) is 39.7 Å². The average Bonchev–Trinajstić information content (AvgIpc) is 2.44. The number of carbonyl (C=O) groups excluding carboxylic acids is 2. The number of hydrogen-bond donors (Lipinski definition) is 0. The minimum Gasteiger partial charge on any atom is -0.493 e. The van der Waals surface area contributed by atoms with Crippen molar-refractivity contribution in [3.63, 3.8) is 0 Å². The van der Waals surface area contributed by atoms with Gasteiger partial charge in [-0.2, -0.15) is 0 Å². The van der Waals surface area contributed by atoms with E-state index < -0.39 is 5.97 Å². The van der Waals surface area contributed by atoms with E-state index in [1.807, 2.05) is 0 Å². The van der Waals surface area contributed by atoms with Crippen LogP contribution in [0.5, 0.6) is 17.2 Å². The normalized spacial score (nSPS) is 9.63. The highest BCUT2D eigenvalue weighted by Gasteiger charge is 2.15. The summed E-state index contributed by atoms with van der Waals surface area (Å²) in [5, 5.41) is 0. The maximum Gasteiger partial charge on any atom is 0.344 e. The van der Waals surface area contributed by atoms with E-state index in [2.05, 4.69) is 0 Å². The van der Waals surface area contributed by atoms with Gasteiger partial charge in [-0.15, -0.1) is 0 Å². The Hall–Kier alpha value is -2.24. The molecule has 0 atom stereocenters. The number of methoxy groups -OCH3 is 2. The van der Waals surface area contributed by atoms with Gasteiger partial charge in [-0.25, -0.2) is 4.79 Å². The Morgan fingerprint density at radius 3 is 2.21 bits per heavy atom. The molecule has 0 saturated heterocycles. The van der Waals surface area contributed by atoms with Crippen LogP contribution in [0.15, 0.2) is 12.1 Å². The summed E-state index contributed by atoms with van der Waals surface area (Å²) in [6.45, 7) is 1.72. The lowest BCUT2D eigenvalue weighted by Gasteiger charge is -2.14. The van der Waals surface area contributed by atoms with Crippen LogP contribution in [0, 0.1) is 0 Å². The molecular formula is C13H16O6. The molecule has 0 spiro atoms. The van der Waals surface area contributed by atoms with Gasteiger partial charge in [0.1, 0.15) is 6.29 Å². The van der Waals surface area contributed by atoms with Gasteiger partial charge in [-0.3, -0.25) is 4.79 Å². The second-order valence-corrected chi connectivity index (χ2v) is 3.47. The summed E-state index contributed by atoms with van der Waals surface area (Å²) in [6.07, 6.45) is 0.667. The molecule has 0 aliphatic rings. The molecular weight excluding hydrogens is 252 g/mol. The first kappa shape index (κ1) is 14.8. The lowest BCUT2D eigenvalue weighted by Crippen LogP contribution is -2.15. The van der Waals surface area contributed by atoms with Crippen molar-refractivity contribution < 1.29 is 28.5 Å². The van der Waals surface area contributed by atoms with Crippen molar-refractivity contribution in [3.8, 4) is 17.2 Å². The van der Waals surface area contributed by atoms with E-state index in [0.717, 1.165) is 0 Å². The van der Waals surface area contributed by atoms with Gasteiger partial charge in [0.05, 0.1) is 20.8 Å². The van der Waals surface area contributed by atoms with Gasteiger partial charge in [-0.1, -0.05) is 0 Å². The fourth-order valence-electron chi connectivity index (χ4n) is 1.44. The van der Waals surface area contributed by atoms with Crippen molar-refractivity contribution in [3.05, 3.63) is 17.7 Å². The van der Waals surface area contributed by atoms with Crippen molar-refractivity contribution in [1.82, 2.24) is 0 Å². The summed E-state index contributed by atoms with van der Waals surface area (Å²) in [6, 6.07) is 2.99. The Kier molecular flexibility index (Phi) is 5.66. The molecule has 0 radical (unpaired) electrons. The topological polar surface area (TPSA) is 71.1 Å². The predicted molar refractivity (Wildman–Crippen MR) is 67.1 cm³/mol. The molecule has 1 aromatic rings. The standard InChI is InChI=1S/C13H16O6/c1-4-18-12(15)8-19-13-10(16-2)5-9(7-14)6-11(13)17-3/h5-7H,4,8H2,1-3H3. The van der Waals surface area contributed by atoms with E-state index in [9.17, 15) is 9.59 Å². The van der Waals surface area contributed by atoms with Gasteiger partial charge in [0.2, 0.25) is 5.75 Å². The number of benzene rings is 1. The third kappa shape index (κ3) is 3.87. The largest absolute Gasteiger partial charge is 0.493 e. The van der Waals surface area contributed by atoms with E-state index in [1.54, 1.807) is 6.92 Å². The Balaban J connectivity index is 2.97. The molecule has 6 nitrogen and oxygen atoms in total. The number of ether oxygens (including phenoxy) is 4. The van der Waals surface area contributed by atoms with Crippen LogP contribution in [0.4, 0.5) is 0 Å². The summed E-state index contributed by atoms with van der Waals surface area (Å²) in [4.78, 5) is 22.0. The molecule has 0 heterocycles. The Bertz CT molecular complexity index is 429. The first-order valence-electron chi connectivity index (χ1n) is 5.65. The van der Waals surface area contributed by atoms with Gasteiger partial charge in [0, 0.05) is 5.56 Å². The fraction of sp³-hybridized carbons (Fsp3) is 0.385. The highest BCUT2D eigenvalue weighted by molar-refractivity contribution is 5.78. The molecule has 0 fully saturated rings. The van der Waals surface area contributed by atoms with E-state index in [-0.39, 0.29) is 19.0 Å². The molecule has 1 rings (SSSR count). The van der Waals surface area contributed by atoms with Gasteiger partial charge < -0.3 is 18.9 Å². The Morgan fingerprint density at radius 1 is 1.21 bits per heavy atom. The Morgan fingerprint density at radius 2 is 1.79 bits per heavy atom. The van der Waals surface area contributed by atoms with Gasteiger partial charge in [-0.05, 0) is 19.1 Å². The fourth-order valence-corrected chi connectivity index (χ4v) is 1.44. The lowest BCUT2D eigenvalue weighted by molar-refractivity contribution is -0.145. The first-order chi connectivity index (χ1) is 9.15. The lowest BCUT2D eigenvalue weighted by atomic mass is 10.2. The minimum absolute atomic E-state index is 0.253. The molecule has 0 aromatic heterocycles. The molecule has 1 aromatic carbocycles. The van der Waals surface area contributed by atoms with Crippen LogP contribution in [0.25, 0.3) is 0 Å². The molecule has 6 heteroatoms. The van der Waals surface area contributed by atoms with Crippen molar-refractivity contribution in [2.75, 3.05) is 27.4 Å². The molecule has 104 valence electrons. The van der Waals surface area contributed by atoms with E-state index in [0.29, 0.717) is 23.3 Å². The summed E-state index contributed by atoms with van der Waals surface area (Å²) in [7, 11) is 2.86. The number of esters is 1. The molecule has 0 aliphatic heterocycles. The summed E-state index contributed by atoms with van der Waals surface area (Å²) in [5.41, 5.74) is 0.386. The number of rotatable bonds is 7. The van der Waals surface area contributed by atoms with E-state index in [1.165, 1.54) is 26.4 Å². The number of hydrogen-bond acceptors (Lipinski definition) is 6. The van der Waals surface area contributed by atoms with Crippen LogP contribution < -0.4 is 14.2 Å². The van der Waals surface area contributed by atoms with Gasteiger partial charge in [0.25, 0.3) is 0 Å². The molecule has 19 heavy (non-hydrogen) atoms. The van der Waals surface area contributed by atoms with E-state index >= 15 is 0 Å². The highest BCUT2D eigenvalue weighted by atomic mass is 16.6. The van der Waals surface area contributed by atoms with Crippen molar-refractivity contribution >= 4 is 12.3 Å². The zero-order chi connectivity index (χ0) is 14.3. The smallest absolute Gasteiger partial charge is 0.344 e. The highest BCUT2D eigenvalue weighted by Crippen LogP contribution is 2.38. The molecule has 0 aliphatic carbocycles. The Labute approximate surface area is 111 Å². The van der Waals surface area contributed by atoms with E-state index in [4.69, 9.17) is 18.9 Å². The van der Waals surface area contributed by atoms with Crippen LogP contribution in [0.2, 0.25) is 0 Å². The predicted octanol–water partition coefficient (Wildman–Crippen LogP) is 1.46. The van der Waals surface area contributed by atoms with Crippen LogP contribution >= 0.6 is 0 Å². The van der Waals surface area contributed by atoms with Crippen molar-refractivity contribution in [2.45, 2.75) is 6.92 Å². The number of carbonyl (C=O) groups is 2. The molecule has 0 unspecified atom stereocenters. The van der Waals surface area contributed by atoms with Gasteiger partial charge >= 0.3 is 5.97 Å². The van der Waals surface area contributed by atoms with Crippen LogP contribution in [-0.2, 0) is 9.53 Å². The zero-order valence-corrected chi connectivity index (χ0v) is 11.1. The monoisotopic (exact) mass is 268 g/mol. The second-order valence-electron chi connectivity index (χ2n) is 3.47. The SMILES string of the molecule is CCOC(=O)COc1c(OC)cc(C=O)cc1OC. The number of aldehydes is 1. The third-order valence-corrected chi connectivity index (χ3v) is 2.26. The van der Waals surface area contributed by atoms with Crippen LogP contribution in [0.3, 0.4) is 0 Å². The molecule has 0 amide bonds. The first-order valence-corrected chi connectivity index (χ1v) is 5.65. The van der Waals surface area contributed by atoms with Crippen molar-refractivity contribution in [2.24, 2.45) is 0 Å². The summed E-state index contributed by atoms with van der Waals surface area (Å²) < 4.78 is 20.3. The molecule has 0 bridgehead atoms. The molecule has 0 saturated carbocycles. The van der Waals surface area contributed by atoms with Crippen LogP contribution in [0.1, 0.15) is 17.3 Å². The quantitative estimate of drug-likeness (QED) is 0.550.